The van der Waals surface area contributed by atoms with Crippen molar-refractivity contribution in [1.29, 1.82) is 5.26 Å². The first-order valence-electron chi connectivity index (χ1n) is 14.3. The van der Waals surface area contributed by atoms with Gasteiger partial charge in [0.2, 0.25) is 5.91 Å². The molecule has 0 saturated carbocycles. The molecule has 7 rings (SSSR count). The number of ketones is 2. The van der Waals surface area contributed by atoms with Crippen molar-refractivity contribution < 1.29 is 23.9 Å². The van der Waals surface area contributed by atoms with Crippen LogP contribution in [0.4, 0.5) is 5.69 Å². The van der Waals surface area contributed by atoms with E-state index in [1.807, 2.05) is 71.8 Å². The van der Waals surface area contributed by atoms with Crippen LogP contribution in [0.25, 0.3) is 6.08 Å². The van der Waals surface area contributed by atoms with E-state index in [-0.39, 0.29) is 24.1 Å². The summed E-state index contributed by atoms with van der Waals surface area (Å²) in [6, 6.07) is 28.8. The van der Waals surface area contributed by atoms with Crippen LogP contribution in [0.3, 0.4) is 0 Å². The maximum Gasteiger partial charge on any atom is 0.238 e. The monoisotopic (exact) mass is 581 g/mol. The summed E-state index contributed by atoms with van der Waals surface area (Å²) in [5.41, 5.74) is 2.28. The van der Waals surface area contributed by atoms with Gasteiger partial charge in [0.25, 0.3) is 0 Å². The fourth-order valence-electron chi connectivity index (χ4n) is 7.19. The maximum absolute atomic E-state index is 14.9. The predicted molar refractivity (Wildman–Crippen MR) is 163 cm³/mol. The van der Waals surface area contributed by atoms with Crippen molar-refractivity contribution in [2.24, 2.45) is 5.92 Å². The molecule has 1 spiro atoms. The Hall–Kier alpha value is -5.68. The lowest BCUT2D eigenvalue weighted by molar-refractivity contribution is -0.122. The van der Waals surface area contributed by atoms with Crippen molar-refractivity contribution in [3.8, 4) is 17.6 Å². The van der Waals surface area contributed by atoms with Crippen molar-refractivity contribution >= 4 is 29.2 Å². The zero-order valence-corrected chi connectivity index (χ0v) is 23.8. The number of nitrogens with zero attached hydrogens (tertiary/aromatic N) is 2. The number of fused-ring (bicyclic) bond motifs is 6. The quantitative estimate of drug-likeness (QED) is 0.284. The third-order valence-electron chi connectivity index (χ3n) is 8.94. The number of anilines is 1. The number of hydrogen-bond acceptors (Lipinski definition) is 7. The molecular weight excluding hydrogens is 554 g/mol. The van der Waals surface area contributed by atoms with Gasteiger partial charge in [-0.25, -0.2) is 0 Å². The molecular formula is C36H27N3O5. The molecule has 0 radical (unpaired) electrons. The molecule has 3 aliphatic rings. The van der Waals surface area contributed by atoms with E-state index in [9.17, 15) is 14.4 Å². The van der Waals surface area contributed by atoms with Gasteiger partial charge in [-0.05, 0) is 65.2 Å². The number of methoxy groups -OCH3 is 1. The maximum atomic E-state index is 14.9. The number of Topliss-reactive ketones (excluding diaryl/α,β-unsaturated/α-hetero) is 2. The largest absolute Gasteiger partial charge is 0.496 e. The van der Waals surface area contributed by atoms with Crippen molar-refractivity contribution in [2.45, 2.75) is 17.5 Å². The van der Waals surface area contributed by atoms with Gasteiger partial charge in [0.05, 0.1) is 24.6 Å². The number of carbonyl (C=O) groups excluding carboxylic acids is 3. The molecule has 3 aliphatic heterocycles. The Kier molecular flexibility index (Phi) is 6.51. The van der Waals surface area contributed by atoms with Gasteiger partial charge in [-0.3, -0.25) is 14.4 Å². The zero-order chi connectivity index (χ0) is 30.4. The van der Waals surface area contributed by atoms with Crippen molar-refractivity contribution in [1.82, 2.24) is 4.90 Å². The molecule has 0 aromatic heterocycles. The van der Waals surface area contributed by atoms with Gasteiger partial charge in [0.15, 0.2) is 18.2 Å². The van der Waals surface area contributed by atoms with Crippen molar-refractivity contribution in [3.05, 3.63) is 131 Å². The average Bonchev–Trinajstić information content (AvgIpc) is 3.55. The Morgan fingerprint density at radius 1 is 0.932 bits per heavy atom. The van der Waals surface area contributed by atoms with E-state index in [2.05, 4.69) is 5.32 Å². The van der Waals surface area contributed by atoms with Crippen molar-refractivity contribution in [2.75, 3.05) is 19.0 Å². The molecule has 216 valence electrons. The van der Waals surface area contributed by atoms with Gasteiger partial charge in [0, 0.05) is 17.5 Å². The standard InChI is InChI=1S/C36H27N3O5/c1-43-29-13-7-4-10-26(29)33(41)31-30(32(40)23-14-16-24(17-15-23)44-21-19-37)36(27-11-5-6-12-28(27)38-35(36)42)34-25-9-3-2-8-22(25)18-20-39(31)34/h2-18,20,30-31,34H,21H2,1H3,(H,38,42). The van der Waals surface area contributed by atoms with Crippen LogP contribution in [0.5, 0.6) is 11.5 Å². The molecule has 4 aromatic rings. The Morgan fingerprint density at radius 3 is 2.45 bits per heavy atom. The van der Waals surface area contributed by atoms with Gasteiger partial charge in [-0.15, -0.1) is 0 Å². The second-order valence-electron chi connectivity index (χ2n) is 11.0. The molecule has 8 nitrogen and oxygen atoms in total. The Labute approximate surface area is 254 Å². The van der Waals surface area contributed by atoms with E-state index in [4.69, 9.17) is 14.7 Å². The smallest absolute Gasteiger partial charge is 0.238 e. The highest BCUT2D eigenvalue weighted by atomic mass is 16.5. The number of para-hydroxylation sites is 2. The molecule has 1 fully saturated rings. The van der Waals surface area contributed by atoms with E-state index in [0.29, 0.717) is 33.9 Å². The normalized spacial score (nSPS) is 22.4. The first-order chi connectivity index (χ1) is 21.5. The number of carbonyl (C=O) groups is 3. The summed E-state index contributed by atoms with van der Waals surface area (Å²) in [6.45, 7) is -0.131. The van der Waals surface area contributed by atoms with Crippen LogP contribution in [-0.2, 0) is 10.2 Å². The third-order valence-corrected chi connectivity index (χ3v) is 8.94. The van der Waals surface area contributed by atoms with Gasteiger partial charge < -0.3 is 19.7 Å². The lowest BCUT2D eigenvalue weighted by atomic mass is 9.62. The summed E-state index contributed by atoms with van der Waals surface area (Å²) in [7, 11) is 1.50. The van der Waals surface area contributed by atoms with E-state index >= 15 is 0 Å². The van der Waals surface area contributed by atoms with Gasteiger partial charge in [-0.2, -0.15) is 5.26 Å². The molecule has 8 heteroatoms. The summed E-state index contributed by atoms with van der Waals surface area (Å²) < 4.78 is 11.0. The van der Waals surface area contributed by atoms with Crippen molar-refractivity contribution in [3.63, 3.8) is 0 Å². The van der Waals surface area contributed by atoms with Crippen LogP contribution >= 0.6 is 0 Å². The average molecular weight is 582 g/mol. The topological polar surface area (TPSA) is 109 Å². The molecule has 3 heterocycles. The Balaban J connectivity index is 1.49. The summed E-state index contributed by atoms with van der Waals surface area (Å²) in [5, 5.41) is 12.0. The van der Waals surface area contributed by atoms with E-state index in [1.165, 1.54) is 7.11 Å². The fraction of sp³-hybridized carbons (Fsp3) is 0.167. The minimum Gasteiger partial charge on any atom is -0.496 e. The number of benzene rings is 4. The second-order valence-corrected chi connectivity index (χ2v) is 11.0. The molecule has 0 bridgehead atoms. The molecule has 0 aliphatic carbocycles. The minimum absolute atomic E-state index is 0.131. The number of ether oxygens (including phenoxy) is 2. The lowest BCUT2D eigenvalue weighted by Gasteiger charge is -2.38. The predicted octanol–water partition coefficient (Wildman–Crippen LogP) is 5.58. The fourth-order valence-corrected chi connectivity index (χ4v) is 7.19. The highest BCUT2D eigenvalue weighted by Crippen LogP contribution is 2.62. The zero-order valence-electron chi connectivity index (χ0n) is 23.8. The summed E-state index contributed by atoms with van der Waals surface area (Å²) in [6.07, 6.45) is 3.77. The molecule has 4 unspecified atom stereocenters. The first kappa shape index (κ1) is 27.2. The summed E-state index contributed by atoms with van der Waals surface area (Å²) in [4.78, 5) is 46.2. The van der Waals surface area contributed by atoms with Crippen LogP contribution in [0.2, 0.25) is 0 Å². The summed E-state index contributed by atoms with van der Waals surface area (Å²) >= 11 is 0. The molecule has 4 aromatic carbocycles. The number of nitrogens with one attached hydrogen (secondary N) is 1. The first-order valence-corrected chi connectivity index (χ1v) is 14.3. The van der Waals surface area contributed by atoms with E-state index in [1.54, 1.807) is 48.5 Å². The molecule has 1 saturated heterocycles. The number of hydrogen-bond donors (Lipinski definition) is 1. The SMILES string of the molecule is COc1ccccc1C(=O)C1C(C(=O)c2ccc(OCC#N)cc2)C2(C(=O)Nc3ccccc32)C2c3ccccc3C=CN12. The minimum atomic E-state index is -1.44. The number of amides is 1. The van der Waals surface area contributed by atoms with Crippen LogP contribution in [0.15, 0.2) is 103 Å². The third kappa shape index (κ3) is 3.86. The van der Waals surface area contributed by atoms with Gasteiger partial charge in [0.1, 0.15) is 29.0 Å². The lowest BCUT2D eigenvalue weighted by Crippen LogP contribution is -2.49. The highest BCUT2D eigenvalue weighted by molar-refractivity contribution is 6.17. The Bertz CT molecular complexity index is 1890. The highest BCUT2D eigenvalue weighted by Gasteiger charge is 2.70. The van der Waals surface area contributed by atoms with Gasteiger partial charge in [-0.1, -0.05) is 54.6 Å². The number of nitriles is 1. The molecule has 1 N–H and O–H groups in total. The van der Waals surface area contributed by atoms with Crippen LogP contribution in [0, 0.1) is 17.2 Å². The van der Waals surface area contributed by atoms with Gasteiger partial charge >= 0.3 is 0 Å². The van der Waals surface area contributed by atoms with Crippen LogP contribution < -0.4 is 14.8 Å². The molecule has 4 atom stereocenters. The van der Waals surface area contributed by atoms with E-state index < -0.39 is 23.4 Å². The van der Waals surface area contributed by atoms with E-state index in [0.717, 1.165) is 11.1 Å². The van der Waals surface area contributed by atoms with Crippen LogP contribution in [0.1, 0.15) is 43.4 Å². The summed E-state index contributed by atoms with van der Waals surface area (Å²) in [5.74, 6) is -1.30. The number of rotatable bonds is 7. The second kappa shape index (κ2) is 10.5. The Morgan fingerprint density at radius 2 is 1.66 bits per heavy atom. The van der Waals surface area contributed by atoms with Crippen LogP contribution in [-0.4, -0.2) is 42.1 Å². The molecule has 44 heavy (non-hydrogen) atoms. The molecule has 1 amide bonds.